The van der Waals surface area contributed by atoms with E-state index in [2.05, 4.69) is 29.8 Å². The standard InChI is InChI=1S/C8H15BrO2/c1-8(2,9)6-4-3-5-7(10)11/h3-6H2,1-2H3,(H,10,11). The van der Waals surface area contributed by atoms with Crippen molar-refractivity contribution in [2.24, 2.45) is 0 Å². The van der Waals surface area contributed by atoms with Crippen LogP contribution in [0.25, 0.3) is 0 Å². The molecule has 66 valence electrons. The van der Waals surface area contributed by atoms with Crippen LogP contribution >= 0.6 is 15.9 Å². The van der Waals surface area contributed by atoms with Gasteiger partial charge in [0.05, 0.1) is 0 Å². The lowest BCUT2D eigenvalue weighted by atomic mass is 10.1. The zero-order valence-electron chi connectivity index (χ0n) is 7.06. The van der Waals surface area contributed by atoms with Crippen LogP contribution in [0.5, 0.6) is 0 Å². The topological polar surface area (TPSA) is 37.3 Å². The van der Waals surface area contributed by atoms with Crippen LogP contribution in [0.4, 0.5) is 0 Å². The fraction of sp³-hybridized carbons (Fsp3) is 0.875. The Morgan fingerprint density at radius 2 is 2.00 bits per heavy atom. The van der Waals surface area contributed by atoms with Crippen molar-refractivity contribution in [3.8, 4) is 0 Å². The summed E-state index contributed by atoms with van der Waals surface area (Å²) in [6, 6.07) is 0. The Kier molecular flexibility index (Phi) is 4.73. The van der Waals surface area contributed by atoms with Gasteiger partial charge in [0, 0.05) is 10.7 Å². The Bertz CT molecular complexity index is 127. The Morgan fingerprint density at radius 3 is 2.36 bits per heavy atom. The van der Waals surface area contributed by atoms with Gasteiger partial charge < -0.3 is 5.11 Å². The van der Waals surface area contributed by atoms with E-state index in [1.165, 1.54) is 0 Å². The maximum Gasteiger partial charge on any atom is 0.303 e. The summed E-state index contributed by atoms with van der Waals surface area (Å²) in [4.78, 5) is 10.1. The van der Waals surface area contributed by atoms with Gasteiger partial charge >= 0.3 is 5.97 Å². The van der Waals surface area contributed by atoms with E-state index in [-0.39, 0.29) is 4.32 Å². The molecule has 0 saturated heterocycles. The number of carboxylic acids is 1. The summed E-state index contributed by atoms with van der Waals surface area (Å²) in [5.41, 5.74) is 0. The first kappa shape index (κ1) is 11.0. The molecule has 0 fully saturated rings. The lowest BCUT2D eigenvalue weighted by Gasteiger charge is -2.14. The summed E-state index contributed by atoms with van der Waals surface area (Å²) in [7, 11) is 0. The van der Waals surface area contributed by atoms with Crippen molar-refractivity contribution in [3.05, 3.63) is 0 Å². The number of aliphatic carboxylic acids is 1. The third kappa shape index (κ3) is 9.95. The van der Waals surface area contributed by atoms with Gasteiger partial charge in [-0.05, 0) is 12.8 Å². The third-order valence-corrected chi connectivity index (χ3v) is 1.81. The minimum absolute atomic E-state index is 0.158. The lowest BCUT2D eigenvalue weighted by molar-refractivity contribution is -0.137. The number of unbranched alkanes of at least 4 members (excludes halogenated alkanes) is 1. The van der Waals surface area contributed by atoms with Crippen LogP contribution in [0, 0.1) is 0 Å². The highest BCUT2D eigenvalue weighted by Gasteiger charge is 2.11. The highest BCUT2D eigenvalue weighted by molar-refractivity contribution is 9.10. The Balaban J connectivity index is 3.22. The third-order valence-electron chi connectivity index (χ3n) is 1.41. The van der Waals surface area contributed by atoms with Crippen molar-refractivity contribution < 1.29 is 9.90 Å². The molecule has 2 nitrogen and oxygen atoms in total. The second-order valence-electron chi connectivity index (χ2n) is 3.32. The van der Waals surface area contributed by atoms with Crippen LogP contribution in [-0.4, -0.2) is 15.4 Å². The van der Waals surface area contributed by atoms with Crippen molar-refractivity contribution in [1.82, 2.24) is 0 Å². The predicted molar refractivity (Wildman–Crippen MR) is 49.1 cm³/mol. The number of carboxylic acid groups (broad SMARTS) is 1. The minimum atomic E-state index is -0.697. The number of halogens is 1. The van der Waals surface area contributed by atoms with Gasteiger partial charge in [0.2, 0.25) is 0 Å². The first-order valence-corrected chi connectivity index (χ1v) is 4.62. The van der Waals surface area contributed by atoms with E-state index in [4.69, 9.17) is 5.11 Å². The molecule has 0 aromatic carbocycles. The molecular weight excluding hydrogens is 208 g/mol. The first-order valence-electron chi connectivity index (χ1n) is 3.82. The number of hydrogen-bond donors (Lipinski definition) is 1. The molecular formula is C8H15BrO2. The van der Waals surface area contributed by atoms with E-state index in [0.29, 0.717) is 6.42 Å². The van der Waals surface area contributed by atoms with Gasteiger partial charge in [-0.25, -0.2) is 0 Å². The second kappa shape index (κ2) is 4.75. The van der Waals surface area contributed by atoms with Gasteiger partial charge in [0.1, 0.15) is 0 Å². The largest absolute Gasteiger partial charge is 0.481 e. The molecule has 0 radical (unpaired) electrons. The van der Waals surface area contributed by atoms with Gasteiger partial charge in [-0.3, -0.25) is 4.79 Å². The van der Waals surface area contributed by atoms with Crippen molar-refractivity contribution >= 4 is 21.9 Å². The molecule has 0 aromatic rings. The predicted octanol–water partition coefficient (Wildman–Crippen LogP) is 2.80. The van der Waals surface area contributed by atoms with E-state index < -0.39 is 5.97 Å². The van der Waals surface area contributed by atoms with Crippen molar-refractivity contribution in [3.63, 3.8) is 0 Å². The summed E-state index contributed by atoms with van der Waals surface area (Å²) in [6.07, 6.45) is 3.08. The van der Waals surface area contributed by atoms with Crippen LogP contribution in [0.1, 0.15) is 39.5 Å². The summed E-state index contributed by atoms with van der Waals surface area (Å²) in [5, 5.41) is 8.33. The quantitative estimate of drug-likeness (QED) is 0.574. The highest BCUT2D eigenvalue weighted by Crippen LogP contribution is 2.23. The molecule has 0 heterocycles. The number of rotatable bonds is 5. The van der Waals surface area contributed by atoms with Crippen LogP contribution in [-0.2, 0) is 4.79 Å². The molecule has 11 heavy (non-hydrogen) atoms. The number of hydrogen-bond acceptors (Lipinski definition) is 1. The van der Waals surface area contributed by atoms with E-state index in [0.717, 1.165) is 19.3 Å². The molecule has 0 bridgehead atoms. The lowest BCUT2D eigenvalue weighted by Crippen LogP contribution is -2.08. The Morgan fingerprint density at radius 1 is 1.45 bits per heavy atom. The van der Waals surface area contributed by atoms with Gasteiger partial charge in [-0.1, -0.05) is 36.2 Å². The van der Waals surface area contributed by atoms with Gasteiger partial charge in [0.15, 0.2) is 0 Å². The molecule has 1 N–H and O–H groups in total. The average Bonchev–Trinajstić information content (AvgIpc) is 1.78. The monoisotopic (exact) mass is 222 g/mol. The normalized spacial score (nSPS) is 11.5. The van der Waals surface area contributed by atoms with Gasteiger partial charge in [0.25, 0.3) is 0 Å². The molecule has 0 aliphatic carbocycles. The zero-order chi connectivity index (χ0) is 8.91. The Hall–Kier alpha value is -0.0500. The number of carbonyl (C=O) groups is 1. The van der Waals surface area contributed by atoms with Crippen molar-refractivity contribution in [1.29, 1.82) is 0 Å². The Labute approximate surface area is 76.1 Å². The smallest absolute Gasteiger partial charge is 0.303 e. The molecule has 0 aliphatic heterocycles. The van der Waals surface area contributed by atoms with Crippen LogP contribution in [0.2, 0.25) is 0 Å². The highest BCUT2D eigenvalue weighted by atomic mass is 79.9. The molecule has 0 aromatic heterocycles. The minimum Gasteiger partial charge on any atom is -0.481 e. The van der Waals surface area contributed by atoms with Crippen LogP contribution in [0.15, 0.2) is 0 Å². The van der Waals surface area contributed by atoms with Gasteiger partial charge in [-0.2, -0.15) is 0 Å². The molecule has 0 atom stereocenters. The second-order valence-corrected chi connectivity index (χ2v) is 5.47. The summed E-state index contributed by atoms with van der Waals surface area (Å²) >= 11 is 3.50. The van der Waals surface area contributed by atoms with Crippen LogP contribution < -0.4 is 0 Å². The van der Waals surface area contributed by atoms with E-state index in [1.807, 2.05) is 0 Å². The number of alkyl halides is 1. The summed E-state index contributed by atoms with van der Waals surface area (Å²) < 4.78 is 0.158. The van der Waals surface area contributed by atoms with Crippen LogP contribution in [0.3, 0.4) is 0 Å². The molecule has 3 heteroatoms. The van der Waals surface area contributed by atoms with E-state index in [1.54, 1.807) is 0 Å². The zero-order valence-corrected chi connectivity index (χ0v) is 8.65. The summed E-state index contributed by atoms with van der Waals surface area (Å²) in [5.74, 6) is -0.697. The molecule has 0 saturated carbocycles. The molecule has 0 rings (SSSR count). The molecule has 0 amide bonds. The molecule has 0 aliphatic rings. The molecule has 0 unspecified atom stereocenters. The first-order chi connectivity index (χ1) is 4.92. The van der Waals surface area contributed by atoms with E-state index >= 15 is 0 Å². The summed E-state index contributed by atoms with van der Waals surface area (Å²) in [6.45, 7) is 4.18. The maximum atomic E-state index is 10.1. The fourth-order valence-electron chi connectivity index (χ4n) is 0.822. The maximum absolute atomic E-state index is 10.1. The van der Waals surface area contributed by atoms with Gasteiger partial charge in [-0.15, -0.1) is 0 Å². The average molecular weight is 223 g/mol. The molecule has 0 spiro atoms. The fourth-order valence-corrected chi connectivity index (χ4v) is 1.10. The van der Waals surface area contributed by atoms with Crippen molar-refractivity contribution in [2.75, 3.05) is 0 Å². The van der Waals surface area contributed by atoms with E-state index in [9.17, 15) is 4.79 Å². The van der Waals surface area contributed by atoms with Crippen molar-refractivity contribution in [2.45, 2.75) is 43.9 Å². The SMILES string of the molecule is CC(C)(Br)CCCCC(=O)O.